The summed E-state index contributed by atoms with van der Waals surface area (Å²) >= 11 is 6.25. The molecule has 0 radical (unpaired) electrons. The van der Waals surface area contributed by atoms with Gasteiger partial charge in [0.15, 0.2) is 0 Å². The lowest BCUT2D eigenvalue weighted by atomic mass is 10.1. The van der Waals surface area contributed by atoms with Crippen LogP contribution in [0, 0.1) is 0 Å². The van der Waals surface area contributed by atoms with Crippen LogP contribution in [-0.4, -0.2) is 63.1 Å². The average molecular weight is 371 g/mol. The lowest BCUT2D eigenvalue weighted by Gasteiger charge is -2.17. The Morgan fingerprint density at radius 1 is 0.840 bits per heavy atom. The molecular formula is C18H23ClO6. The number of methoxy groups -OCH3 is 2. The van der Waals surface area contributed by atoms with Crippen LogP contribution in [0.5, 0.6) is 11.5 Å². The van der Waals surface area contributed by atoms with E-state index in [1.807, 2.05) is 18.2 Å². The zero-order valence-corrected chi connectivity index (χ0v) is 15.0. The number of aliphatic hydroxyl groups is 2. The van der Waals surface area contributed by atoms with Crippen LogP contribution in [0.3, 0.4) is 0 Å². The molecule has 2 aromatic carbocycles. The molecule has 0 saturated carbocycles. The molecule has 0 heterocycles. The Morgan fingerprint density at radius 3 is 2.12 bits per heavy atom. The number of fused-ring (bicyclic) bond motifs is 1. The zero-order valence-electron chi connectivity index (χ0n) is 14.3. The normalized spacial score (nSPS) is 13.6. The molecule has 138 valence electrons. The summed E-state index contributed by atoms with van der Waals surface area (Å²) in [5.74, 6) is 1.07. The van der Waals surface area contributed by atoms with E-state index >= 15 is 0 Å². The second-order valence-corrected chi connectivity index (χ2v) is 5.98. The maximum atomic E-state index is 9.77. The molecule has 7 heteroatoms. The second-order valence-electron chi connectivity index (χ2n) is 5.57. The number of rotatable bonds is 10. The van der Waals surface area contributed by atoms with E-state index in [9.17, 15) is 10.2 Å². The molecule has 2 N–H and O–H groups in total. The summed E-state index contributed by atoms with van der Waals surface area (Å²) in [6, 6.07) is 9.01. The van der Waals surface area contributed by atoms with Crippen LogP contribution in [0.25, 0.3) is 10.8 Å². The summed E-state index contributed by atoms with van der Waals surface area (Å²) in [5.41, 5.74) is 0. The van der Waals surface area contributed by atoms with Gasteiger partial charge in [0.25, 0.3) is 0 Å². The highest BCUT2D eigenvalue weighted by molar-refractivity contribution is 6.33. The first-order valence-corrected chi connectivity index (χ1v) is 8.25. The van der Waals surface area contributed by atoms with Crippen LogP contribution in [0.2, 0.25) is 5.02 Å². The minimum absolute atomic E-state index is 0.0598. The zero-order chi connectivity index (χ0) is 18.2. The highest BCUT2D eigenvalue weighted by Gasteiger charge is 2.14. The number of hydrogen-bond acceptors (Lipinski definition) is 6. The topological polar surface area (TPSA) is 77.4 Å². The molecule has 2 rings (SSSR count). The Bertz CT molecular complexity index is 678. The molecule has 0 fully saturated rings. The van der Waals surface area contributed by atoms with Crippen LogP contribution in [0.15, 0.2) is 30.3 Å². The fraction of sp³-hybridized carbons (Fsp3) is 0.444. The quantitative estimate of drug-likeness (QED) is 0.668. The van der Waals surface area contributed by atoms with Crippen molar-refractivity contribution in [2.45, 2.75) is 12.2 Å². The van der Waals surface area contributed by atoms with Gasteiger partial charge in [-0.3, -0.25) is 0 Å². The lowest BCUT2D eigenvalue weighted by Crippen LogP contribution is -2.23. The van der Waals surface area contributed by atoms with Gasteiger partial charge >= 0.3 is 0 Å². The standard InChI is InChI=1S/C18H23ClO6/c1-22-8-12(20)10-24-17-5-3-4-15-14(17)6-7-16(19)18(15)25-11-13(21)9-23-2/h3-7,12-13,20-21H,8-11H2,1-2H3. The summed E-state index contributed by atoms with van der Waals surface area (Å²) in [6.45, 7) is 0.541. The van der Waals surface area contributed by atoms with E-state index in [0.29, 0.717) is 16.5 Å². The van der Waals surface area contributed by atoms with Crippen molar-refractivity contribution in [2.75, 3.05) is 40.6 Å². The third kappa shape index (κ3) is 5.45. The Labute approximate surface area is 151 Å². The Kier molecular flexibility index (Phi) is 7.74. The lowest BCUT2D eigenvalue weighted by molar-refractivity contribution is 0.0326. The van der Waals surface area contributed by atoms with Gasteiger partial charge in [-0.05, 0) is 18.2 Å². The van der Waals surface area contributed by atoms with Crippen molar-refractivity contribution < 1.29 is 29.2 Å². The van der Waals surface area contributed by atoms with Crippen LogP contribution < -0.4 is 9.47 Å². The summed E-state index contributed by atoms with van der Waals surface area (Å²) in [5, 5.41) is 21.5. The molecular weight excluding hydrogens is 348 g/mol. The highest BCUT2D eigenvalue weighted by atomic mass is 35.5. The molecule has 0 aliphatic heterocycles. The van der Waals surface area contributed by atoms with Crippen LogP contribution in [0.1, 0.15) is 0 Å². The van der Waals surface area contributed by atoms with Crippen LogP contribution in [0.4, 0.5) is 0 Å². The molecule has 0 aromatic heterocycles. The maximum Gasteiger partial charge on any atom is 0.145 e. The van der Waals surface area contributed by atoms with Crippen molar-refractivity contribution in [3.05, 3.63) is 35.4 Å². The fourth-order valence-corrected chi connectivity index (χ4v) is 2.61. The Morgan fingerprint density at radius 2 is 1.48 bits per heavy atom. The summed E-state index contributed by atoms with van der Waals surface area (Å²) in [6.07, 6.45) is -1.47. The fourth-order valence-electron chi connectivity index (χ4n) is 2.39. The van der Waals surface area contributed by atoms with E-state index in [-0.39, 0.29) is 26.4 Å². The maximum absolute atomic E-state index is 9.77. The first-order chi connectivity index (χ1) is 12.1. The predicted molar refractivity (Wildman–Crippen MR) is 95.7 cm³/mol. The number of benzene rings is 2. The Hall–Kier alpha value is -1.57. The van der Waals surface area contributed by atoms with Gasteiger partial charge in [-0.1, -0.05) is 23.7 Å². The monoisotopic (exact) mass is 370 g/mol. The van der Waals surface area contributed by atoms with Gasteiger partial charge < -0.3 is 29.2 Å². The first-order valence-electron chi connectivity index (χ1n) is 7.87. The highest BCUT2D eigenvalue weighted by Crippen LogP contribution is 2.37. The summed E-state index contributed by atoms with van der Waals surface area (Å²) in [4.78, 5) is 0. The number of hydrogen-bond donors (Lipinski definition) is 2. The molecule has 2 aromatic rings. The van der Waals surface area contributed by atoms with E-state index in [1.165, 1.54) is 14.2 Å². The van der Waals surface area contributed by atoms with E-state index in [2.05, 4.69) is 0 Å². The van der Waals surface area contributed by atoms with Crippen LogP contribution in [-0.2, 0) is 9.47 Å². The van der Waals surface area contributed by atoms with Crippen molar-refractivity contribution in [3.63, 3.8) is 0 Å². The molecule has 2 atom stereocenters. The van der Waals surface area contributed by atoms with Crippen molar-refractivity contribution in [1.82, 2.24) is 0 Å². The van der Waals surface area contributed by atoms with Crippen molar-refractivity contribution in [3.8, 4) is 11.5 Å². The molecule has 0 amide bonds. The minimum Gasteiger partial charge on any atom is -0.490 e. The van der Waals surface area contributed by atoms with Gasteiger partial charge in [0, 0.05) is 25.0 Å². The molecule has 0 aliphatic rings. The third-order valence-electron chi connectivity index (χ3n) is 3.49. The molecule has 25 heavy (non-hydrogen) atoms. The SMILES string of the molecule is COCC(O)COc1cccc2c(OCC(O)COC)c(Cl)ccc12. The van der Waals surface area contributed by atoms with Gasteiger partial charge in [0.05, 0.1) is 18.2 Å². The van der Waals surface area contributed by atoms with E-state index in [4.69, 9.17) is 30.5 Å². The van der Waals surface area contributed by atoms with Gasteiger partial charge in [-0.2, -0.15) is 0 Å². The van der Waals surface area contributed by atoms with Gasteiger partial charge in [-0.15, -0.1) is 0 Å². The van der Waals surface area contributed by atoms with E-state index in [1.54, 1.807) is 12.1 Å². The van der Waals surface area contributed by atoms with Crippen LogP contribution >= 0.6 is 11.6 Å². The largest absolute Gasteiger partial charge is 0.490 e. The molecule has 0 spiro atoms. The second kappa shape index (κ2) is 9.79. The van der Waals surface area contributed by atoms with Gasteiger partial charge in [0.2, 0.25) is 0 Å². The molecule has 6 nitrogen and oxygen atoms in total. The number of halogens is 1. The first kappa shape index (κ1) is 19.8. The van der Waals surface area contributed by atoms with Crippen molar-refractivity contribution in [2.24, 2.45) is 0 Å². The van der Waals surface area contributed by atoms with Gasteiger partial charge in [0.1, 0.15) is 36.9 Å². The molecule has 0 aliphatic carbocycles. The van der Waals surface area contributed by atoms with Crippen molar-refractivity contribution in [1.29, 1.82) is 0 Å². The molecule has 2 unspecified atom stereocenters. The predicted octanol–water partition coefficient (Wildman–Crippen LogP) is 2.27. The van der Waals surface area contributed by atoms with Crippen molar-refractivity contribution >= 4 is 22.4 Å². The molecule has 0 bridgehead atoms. The smallest absolute Gasteiger partial charge is 0.145 e. The number of aliphatic hydroxyl groups excluding tert-OH is 2. The molecule has 0 saturated heterocycles. The number of ether oxygens (including phenoxy) is 4. The summed E-state index contributed by atoms with van der Waals surface area (Å²) in [7, 11) is 3.03. The third-order valence-corrected chi connectivity index (χ3v) is 3.79. The summed E-state index contributed by atoms with van der Waals surface area (Å²) < 4.78 is 21.2. The average Bonchev–Trinajstić information content (AvgIpc) is 2.59. The van der Waals surface area contributed by atoms with Gasteiger partial charge in [-0.25, -0.2) is 0 Å². The minimum atomic E-state index is -0.750. The Balaban J connectivity index is 2.22. The van der Waals surface area contributed by atoms with E-state index < -0.39 is 12.2 Å². The van der Waals surface area contributed by atoms with E-state index in [0.717, 1.165) is 10.8 Å².